The molecular weight excluding hydrogens is 405 g/mol. The molecule has 148 valence electrons. The van der Waals surface area contributed by atoms with Gasteiger partial charge < -0.3 is 14.8 Å². The van der Waals surface area contributed by atoms with Crippen LogP contribution in [0.3, 0.4) is 0 Å². The lowest BCUT2D eigenvalue weighted by Crippen LogP contribution is -2.14. The highest BCUT2D eigenvalue weighted by molar-refractivity contribution is 7.93. The fourth-order valence-electron chi connectivity index (χ4n) is 2.47. The Hall–Kier alpha value is -2.85. The number of anilines is 2. The molecule has 1 aromatic heterocycles. The summed E-state index contributed by atoms with van der Waals surface area (Å²) in [5.41, 5.74) is 1.27. The number of ether oxygens (including phenoxy) is 2. The first-order valence-electron chi connectivity index (χ1n) is 8.09. The number of hydrogen-bond donors (Lipinski definition) is 2. The number of thiazole rings is 1. The summed E-state index contributed by atoms with van der Waals surface area (Å²) in [7, 11) is -0.942. The van der Waals surface area contributed by atoms with Crippen molar-refractivity contribution in [2.75, 3.05) is 24.3 Å². The molecule has 0 aliphatic carbocycles. The third-order valence-corrected chi connectivity index (χ3v) is 6.04. The zero-order chi connectivity index (χ0) is 20.1. The zero-order valence-corrected chi connectivity index (χ0v) is 16.7. The average molecular weight is 423 g/mol. The summed E-state index contributed by atoms with van der Waals surface area (Å²) in [6.07, 6.45) is 1.46. The summed E-state index contributed by atoms with van der Waals surface area (Å²) in [4.78, 5) is 3.39. The SMILES string of the molecule is COc1ccc(CNc2ccc(S(=O)(=O)Nc3nccs3)c(F)c2)c(OC)c1. The van der Waals surface area contributed by atoms with E-state index in [1.165, 1.54) is 18.3 Å². The molecule has 7 nitrogen and oxygen atoms in total. The van der Waals surface area contributed by atoms with Gasteiger partial charge in [0.15, 0.2) is 5.13 Å². The molecule has 1 heterocycles. The molecule has 0 spiro atoms. The van der Waals surface area contributed by atoms with Crippen LogP contribution < -0.4 is 19.5 Å². The average Bonchev–Trinajstić information content (AvgIpc) is 3.18. The molecule has 28 heavy (non-hydrogen) atoms. The molecule has 0 bridgehead atoms. The lowest BCUT2D eigenvalue weighted by Gasteiger charge is -2.13. The van der Waals surface area contributed by atoms with Crippen molar-refractivity contribution in [1.82, 2.24) is 4.98 Å². The van der Waals surface area contributed by atoms with Crippen LogP contribution in [0.4, 0.5) is 15.2 Å². The Morgan fingerprint density at radius 3 is 2.61 bits per heavy atom. The quantitative estimate of drug-likeness (QED) is 0.574. The first kappa shape index (κ1) is 19.9. The summed E-state index contributed by atoms with van der Waals surface area (Å²) < 4.78 is 51.8. The van der Waals surface area contributed by atoms with Gasteiger partial charge >= 0.3 is 0 Å². The van der Waals surface area contributed by atoms with E-state index in [2.05, 4.69) is 15.0 Å². The third-order valence-electron chi connectivity index (χ3n) is 3.85. The highest BCUT2D eigenvalue weighted by atomic mass is 32.2. The van der Waals surface area contributed by atoms with Crippen LogP contribution in [0.2, 0.25) is 0 Å². The second kappa shape index (κ2) is 8.44. The van der Waals surface area contributed by atoms with E-state index in [-0.39, 0.29) is 5.13 Å². The molecule has 3 rings (SSSR count). The van der Waals surface area contributed by atoms with E-state index >= 15 is 0 Å². The van der Waals surface area contributed by atoms with Gasteiger partial charge in [0, 0.05) is 35.4 Å². The molecule has 0 atom stereocenters. The second-order valence-corrected chi connectivity index (χ2v) is 8.16. The fourth-order valence-corrected chi connectivity index (χ4v) is 4.32. The molecule has 0 aliphatic heterocycles. The molecular formula is C18H18FN3O4S2. The molecule has 0 amide bonds. The number of nitrogens with zero attached hydrogens (tertiary/aromatic N) is 1. The van der Waals surface area contributed by atoms with Gasteiger partial charge in [-0.3, -0.25) is 4.72 Å². The normalized spacial score (nSPS) is 11.1. The van der Waals surface area contributed by atoms with E-state index in [1.54, 1.807) is 31.7 Å². The summed E-state index contributed by atoms with van der Waals surface area (Å²) in [6, 6.07) is 9.20. The van der Waals surface area contributed by atoms with Gasteiger partial charge in [0.1, 0.15) is 22.2 Å². The van der Waals surface area contributed by atoms with Gasteiger partial charge in [-0.2, -0.15) is 0 Å². The molecule has 0 aliphatic rings. The van der Waals surface area contributed by atoms with Gasteiger partial charge in [-0.1, -0.05) is 0 Å². The van der Waals surface area contributed by atoms with Crippen molar-refractivity contribution in [1.29, 1.82) is 0 Å². The van der Waals surface area contributed by atoms with E-state index in [1.807, 2.05) is 6.07 Å². The molecule has 3 aromatic rings. The maximum atomic E-state index is 14.4. The summed E-state index contributed by atoms with van der Waals surface area (Å²) in [5.74, 6) is 0.420. The summed E-state index contributed by atoms with van der Waals surface area (Å²) in [5, 5.41) is 4.85. The number of methoxy groups -OCH3 is 2. The molecule has 0 saturated carbocycles. The Morgan fingerprint density at radius 1 is 1.14 bits per heavy atom. The van der Waals surface area contributed by atoms with E-state index in [0.29, 0.717) is 23.7 Å². The summed E-state index contributed by atoms with van der Waals surface area (Å²) >= 11 is 1.11. The van der Waals surface area contributed by atoms with Crippen LogP contribution in [0.5, 0.6) is 11.5 Å². The van der Waals surface area contributed by atoms with Crippen molar-refractivity contribution in [3.05, 3.63) is 59.4 Å². The van der Waals surface area contributed by atoms with Gasteiger partial charge in [0.25, 0.3) is 10.0 Å². The smallest absolute Gasteiger partial charge is 0.266 e. The van der Waals surface area contributed by atoms with Crippen LogP contribution in [0.15, 0.2) is 52.9 Å². The Kier molecular flexibility index (Phi) is 6.00. The maximum absolute atomic E-state index is 14.4. The van der Waals surface area contributed by atoms with Crippen molar-refractivity contribution in [3.8, 4) is 11.5 Å². The number of halogens is 1. The van der Waals surface area contributed by atoms with Crippen molar-refractivity contribution < 1.29 is 22.3 Å². The molecule has 0 fully saturated rings. The number of rotatable bonds is 8. The van der Waals surface area contributed by atoms with Crippen molar-refractivity contribution in [2.45, 2.75) is 11.4 Å². The summed E-state index contributed by atoms with van der Waals surface area (Å²) in [6.45, 7) is 0.357. The lowest BCUT2D eigenvalue weighted by atomic mass is 10.2. The molecule has 10 heteroatoms. The monoisotopic (exact) mass is 423 g/mol. The fraction of sp³-hybridized carbons (Fsp3) is 0.167. The number of sulfonamides is 1. The number of nitrogens with one attached hydrogen (secondary N) is 2. The Labute approximate surface area is 166 Å². The Bertz CT molecular complexity index is 1060. The molecule has 0 saturated heterocycles. The Balaban J connectivity index is 1.74. The first-order chi connectivity index (χ1) is 13.4. The van der Waals surface area contributed by atoms with Crippen LogP contribution in [0.1, 0.15) is 5.56 Å². The number of benzene rings is 2. The minimum Gasteiger partial charge on any atom is -0.497 e. The van der Waals surface area contributed by atoms with Gasteiger partial charge in [0.2, 0.25) is 0 Å². The van der Waals surface area contributed by atoms with Gasteiger partial charge in [-0.05, 0) is 30.3 Å². The highest BCUT2D eigenvalue weighted by Crippen LogP contribution is 2.26. The van der Waals surface area contributed by atoms with Crippen molar-refractivity contribution >= 4 is 32.2 Å². The first-order valence-corrected chi connectivity index (χ1v) is 10.5. The van der Waals surface area contributed by atoms with Crippen molar-refractivity contribution in [3.63, 3.8) is 0 Å². The van der Waals surface area contributed by atoms with Gasteiger partial charge in [0.05, 0.1) is 14.2 Å². The lowest BCUT2D eigenvalue weighted by molar-refractivity contribution is 0.391. The van der Waals surface area contributed by atoms with E-state index in [0.717, 1.165) is 23.0 Å². The van der Waals surface area contributed by atoms with Crippen LogP contribution >= 0.6 is 11.3 Å². The molecule has 0 radical (unpaired) electrons. The Morgan fingerprint density at radius 2 is 1.96 bits per heavy atom. The predicted molar refractivity (Wildman–Crippen MR) is 106 cm³/mol. The van der Waals surface area contributed by atoms with E-state index in [4.69, 9.17) is 9.47 Å². The minimum absolute atomic E-state index is 0.174. The molecule has 2 N–H and O–H groups in total. The number of hydrogen-bond acceptors (Lipinski definition) is 7. The van der Waals surface area contributed by atoms with Crippen LogP contribution in [-0.4, -0.2) is 27.6 Å². The molecule has 2 aromatic carbocycles. The zero-order valence-electron chi connectivity index (χ0n) is 15.1. The van der Waals surface area contributed by atoms with E-state index in [9.17, 15) is 12.8 Å². The predicted octanol–water partition coefficient (Wildman–Crippen LogP) is 3.71. The van der Waals surface area contributed by atoms with E-state index < -0.39 is 20.7 Å². The number of aromatic nitrogens is 1. The maximum Gasteiger partial charge on any atom is 0.266 e. The largest absolute Gasteiger partial charge is 0.497 e. The minimum atomic E-state index is -4.05. The topological polar surface area (TPSA) is 89.5 Å². The third kappa shape index (κ3) is 4.52. The highest BCUT2D eigenvalue weighted by Gasteiger charge is 2.20. The van der Waals surface area contributed by atoms with Crippen molar-refractivity contribution in [2.24, 2.45) is 0 Å². The van der Waals surface area contributed by atoms with Gasteiger partial charge in [-0.25, -0.2) is 17.8 Å². The van der Waals surface area contributed by atoms with Crippen LogP contribution in [0, 0.1) is 5.82 Å². The second-order valence-electron chi connectivity index (χ2n) is 5.62. The standard InChI is InChI=1S/C18H18FN3O4S2/c1-25-14-5-3-12(16(10-14)26-2)11-21-13-4-6-17(15(19)9-13)28(23,24)22-18-20-7-8-27-18/h3-10,21H,11H2,1-2H3,(H,20,22). The van der Waals surface area contributed by atoms with Gasteiger partial charge in [-0.15, -0.1) is 11.3 Å². The molecule has 0 unspecified atom stereocenters. The van der Waals surface area contributed by atoms with Crippen LogP contribution in [0.25, 0.3) is 0 Å². The van der Waals surface area contributed by atoms with Crippen LogP contribution in [-0.2, 0) is 16.6 Å².